The monoisotopic (exact) mass is 279 g/mol. The lowest BCUT2D eigenvalue weighted by atomic mass is 10.2. The molecular formula is C12H17N5OS. The van der Waals surface area contributed by atoms with Crippen molar-refractivity contribution in [1.29, 1.82) is 0 Å². The molecule has 2 rings (SSSR count). The van der Waals surface area contributed by atoms with Crippen LogP contribution in [0.4, 0.5) is 0 Å². The maximum Gasteiger partial charge on any atom is 0.248 e. The van der Waals surface area contributed by atoms with Gasteiger partial charge in [0, 0.05) is 37.6 Å². The van der Waals surface area contributed by atoms with Gasteiger partial charge in [-0.25, -0.2) is 9.97 Å². The molecule has 1 aromatic heterocycles. The predicted octanol–water partition coefficient (Wildman–Crippen LogP) is 0.409. The van der Waals surface area contributed by atoms with Crippen molar-refractivity contribution in [3.63, 3.8) is 0 Å². The number of nitrogens with one attached hydrogen (secondary N) is 2. The number of carbonyl (C=O) groups excluding carboxylic acids is 1. The molecule has 0 radical (unpaired) electrons. The molecule has 0 aliphatic carbocycles. The highest BCUT2D eigenvalue weighted by Gasteiger charge is 2.09. The molecule has 2 N–H and O–H groups in total. The Kier molecular flexibility index (Phi) is 5.17. The fourth-order valence-corrected chi connectivity index (χ4v) is 2.16. The van der Waals surface area contributed by atoms with E-state index in [4.69, 9.17) is 0 Å². The van der Waals surface area contributed by atoms with Crippen molar-refractivity contribution in [2.45, 2.75) is 11.6 Å². The maximum atomic E-state index is 11.6. The van der Waals surface area contributed by atoms with Crippen LogP contribution in [0.5, 0.6) is 0 Å². The Labute approximate surface area is 116 Å². The lowest BCUT2D eigenvalue weighted by Crippen LogP contribution is -2.40. The van der Waals surface area contributed by atoms with Crippen LogP contribution in [0.2, 0.25) is 0 Å². The molecule has 1 aliphatic heterocycles. The molecule has 0 unspecified atom stereocenters. The number of amides is 1. The number of nitrogens with zero attached hydrogens (tertiary/aromatic N) is 3. The minimum Gasteiger partial charge on any atom is -0.303 e. The predicted molar refractivity (Wildman–Crippen MR) is 74.2 cm³/mol. The quantitative estimate of drug-likeness (QED) is 0.462. The highest BCUT2D eigenvalue weighted by atomic mass is 32.2. The van der Waals surface area contributed by atoms with Gasteiger partial charge in [0.05, 0.1) is 5.75 Å². The van der Waals surface area contributed by atoms with Gasteiger partial charge >= 0.3 is 0 Å². The third-order valence-electron chi connectivity index (χ3n) is 2.65. The Hall–Kier alpha value is -1.60. The molecule has 0 saturated carbocycles. The Balaban J connectivity index is 1.68. The van der Waals surface area contributed by atoms with Crippen LogP contribution in [-0.2, 0) is 4.79 Å². The molecule has 0 fully saturated rings. The van der Waals surface area contributed by atoms with E-state index in [1.807, 2.05) is 0 Å². The van der Waals surface area contributed by atoms with Gasteiger partial charge in [0.15, 0.2) is 5.16 Å². The van der Waals surface area contributed by atoms with Gasteiger partial charge in [0.2, 0.25) is 5.91 Å². The lowest BCUT2D eigenvalue weighted by Gasteiger charge is -2.22. The topological polar surface area (TPSA) is 70.2 Å². The van der Waals surface area contributed by atoms with Crippen molar-refractivity contribution in [2.24, 2.45) is 0 Å². The van der Waals surface area contributed by atoms with E-state index in [9.17, 15) is 4.79 Å². The van der Waals surface area contributed by atoms with E-state index in [1.54, 1.807) is 18.5 Å². The van der Waals surface area contributed by atoms with Gasteiger partial charge in [-0.05, 0) is 19.2 Å². The van der Waals surface area contributed by atoms with Crippen LogP contribution in [0.1, 0.15) is 6.42 Å². The van der Waals surface area contributed by atoms with Crippen LogP contribution in [0, 0.1) is 0 Å². The number of thioether (sulfide) groups is 1. The smallest absolute Gasteiger partial charge is 0.248 e. The molecule has 6 nitrogen and oxygen atoms in total. The van der Waals surface area contributed by atoms with Gasteiger partial charge < -0.3 is 10.3 Å². The number of hydrogen-bond donors (Lipinski definition) is 2. The fourth-order valence-electron chi connectivity index (χ4n) is 1.56. The number of aromatic nitrogens is 2. The zero-order valence-electron chi connectivity index (χ0n) is 10.8. The normalized spacial score (nSPS) is 15.7. The molecule has 1 amide bonds. The second-order valence-electron chi connectivity index (χ2n) is 4.23. The summed E-state index contributed by atoms with van der Waals surface area (Å²) in [6.07, 6.45) is 6.33. The molecule has 0 saturated heterocycles. The van der Waals surface area contributed by atoms with Crippen molar-refractivity contribution in [1.82, 2.24) is 25.7 Å². The van der Waals surface area contributed by atoms with E-state index in [1.165, 1.54) is 11.8 Å². The summed E-state index contributed by atoms with van der Waals surface area (Å²) in [5.74, 6) is 0.210. The van der Waals surface area contributed by atoms with Crippen LogP contribution >= 0.6 is 11.8 Å². The number of likely N-dealkylation sites (N-methyl/N-ethyl adjacent to an activating group) is 1. The summed E-state index contributed by atoms with van der Waals surface area (Å²) < 4.78 is 0. The first-order valence-electron chi connectivity index (χ1n) is 6.06. The second kappa shape index (κ2) is 7.10. The van der Waals surface area contributed by atoms with Gasteiger partial charge in [-0.2, -0.15) is 0 Å². The summed E-state index contributed by atoms with van der Waals surface area (Å²) in [4.78, 5) is 21.9. The summed E-state index contributed by atoms with van der Waals surface area (Å²) in [5, 5.41) is 0.608. The van der Waals surface area contributed by atoms with E-state index in [0.29, 0.717) is 10.9 Å². The fraction of sp³-hybridized carbons (Fsp3) is 0.417. The largest absolute Gasteiger partial charge is 0.303 e. The van der Waals surface area contributed by atoms with Crippen molar-refractivity contribution in [2.75, 3.05) is 25.9 Å². The third kappa shape index (κ3) is 4.88. The SMILES string of the molecule is CN1CC=C(NNC(=O)CSc2ncccn2)CC1. The molecular weight excluding hydrogens is 262 g/mol. The zero-order chi connectivity index (χ0) is 13.5. The number of hydrazine groups is 1. The van der Waals surface area contributed by atoms with E-state index in [0.717, 1.165) is 25.2 Å². The molecule has 1 aromatic rings. The van der Waals surface area contributed by atoms with Crippen LogP contribution in [0.25, 0.3) is 0 Å². The van der Waals surface area contributed by atoms with Gasteiger partial charge in [0.1, 0.15) is 0 Å². The lowest BCUT2D eigenvalue weighted by molar-refractivity contribution is -0.119. The van der Waals surface area contributed by atoms with Crippen molar-refractivity contribution in [3.05, 3.63) is 30.2 Å². The molecule has 19 heavy (non-hydrogen) atoms. The second-order valence-corrected chi connectivity index (χ2v) is 5.18. The molecule has 0 bridgehead atoms. The third-order valence-corrected chi connectivity index (χ3v) is 3.52. The Morgan fingerprint density at radius 3 is 2.95 bits per heavy atom. The van der Waals surface area contributed by atoms with Crippen LogP contribution < -0.4 is 10.9 Å². The Bertz CT molecular complexity index is 451. The first-order chi connectivity index (χ1) is 9.24. The first-order valence-corrected chi connectivity index (χ1v) is 7.05. The van der Waals surface area contributed by atoms with Crippen molar-refractivity contribution >= 4 is 17.7 Å². The number of carbonyl (C=O) groups is 1. The minimum atomic E-state index is -0.0859. The highest BCUT2D eigenvalue weighted by Crippen LogP contribution is 2.10. The maximum absolute atomic E-state index is 11.6. The van der Waals surface area contributed by atoms with E-state index >= 15 is 0 Å². The highest BCUT2D eigenvalue weighted by molar-refractivity contribution is 7.99. The molecule has 2 heterocycles. The van der Waals surface area contributed by atoms with E-state index < -0.39 is 0 Å². The van der Waals surface area contributed by atoms with E-state index in [-0.39, 0.29) is 5.91 Å². The standard InChI is InChI=1S/C12H17N5OS/c1-17-7-3-10(4-8-17)15-16-11(18)9-19-12-13-5-2-6-14-12/h2-3,5-6,15H,4,7-9H2,1H3,(H,16,18). The molecule has 0 atom stereocenters. The minimum absolute atomic E-state index is 0.0859. The summed E-state index contributed by atoms with van der Waals surface area (Å²) in [6.45, 7) is 1.91. The molecule has 102 valence electrons. The number of hydrogen-bond acceptors (Lipinski definition) is 6. The summed E-state index contributed by atoms with van der Waals surface area (Å²) in [7, 11) is 2.07. The average molecular weight is 279 g/mol. The summed E-state index contributed by atoms with van der Waals surface area (Å²) in [5.41, 5.74) is 6.71. The molecule has 7 heteroatoms. The van der Waals surface area contributed by atoms with Crippen molar-refractivity contribution in [3.8, 4) is 0 Å². The first kappa shape index (κ1) is 13.8. The van der Waals surface area contributed by atoms with E-state index in [2.05, 4.69) is 38.8 Å². The Morgan fingerprint density at radius 1 is 1.47 bits per heavy atom. The number of rotatable bonds is 5. The molecule has 1 aliphatic rings. The van der Waals surface area contributed by atoms with Crippen LogP contribution in [0.3, 0.4) is 0 Å². The van der Waals surface area contributed by atoms with Crippen molar-refractivity contribution < 1.29 is 4.79 Å². The van der Waals surface area contributed by atoms with Gasteiger partial charge in [-0.3, -0.25) is 10.2 Å². The van der Waals surface area contributed by atoms with Gasteiger partial charge in [0.25, 0.3) is 0 Å². The van der Waals surface area contributed by atoms with Gasteiger partial charge in [-0.15, -0.1) is 0 Å². The molecule has 0 aromatic carbocycles. The average Bonchev–Trinajstić information content (AvgIpc) is 2.45. The summed E-state index contributed by atoms with van der Waals surface area (Å²) >= 11 is 1.31. The zero-order valence-corrected chi connectivity index (χ0v) is 11.6. The van der Waals surface area contributed by atoms with Gasteiger partial charge in [-0.1, -0.05) is 11.8 Å². The Morgan fingerprint density at radius 2 is 2.26 bits per heavy atom. The molecule has 0 spiro atoms. The van der Waals surface area contributed by atoms with Crippen LogP contribution in [-0.4, -0.2) is 46.7 Å². The van der Waals surface area contributed by atoms with Crippen LogP contribution in [0.15, 0.2) is 35.4 Å². The summed E-state index contributed by atoms with van der Waals surface area (Å²) in [6, 6.07) is 1.75.